The van der Waals surface area contributed by atoms with Gasteiger partial charge in [-0.15, -0.1) is 23.7 Å². The van der Waals surface area contributed by atoms with Gasteiger partial charge in [-0.25, -0.2) is 5.43 Å². The highest BCUT2D eigenvalue weighted by molar-refractivity contribution is 7.16. The average molecular weight is 384 g/mol. The molecule has 3 rings (SSSR count). The summed E-state index contributed by atoms with van der Waals surface area (Å²) in [6.07, 6.45) is 3.48. The number of guanidine groups is 1. The van der Waals surface area contributed by atoms with Gasteiger partial charge in [-0.2, -0.15) is 5.10 Å². The Morgan fingerprint density at radius 2 is 2.17 bits per heavy atom. The summed E-state index contributed by atoms with van der Waals surface area (Å²) in [4.78, 5) is 5.83. The van der Waals surface area contributed by atoms with Crippen molar-refractivity contribution in [3.05, 3.63) is 49.9 Å². The molecule has 0 amide bonds. The van der Waals surface area contributed by atoms with Crippen molar-refractivity contribution >= 4 is 47.0 Å². The standard InChI is InChI=1S/C16H18ClN5S.ClH/c1-8-3-4-20-11-6-10(15-9(2)5-13(17)23-15)7-12(14(8)11)21-22-16(18)19;/h3-5,10H,6-7H2,1-2H3,(H4,18,19,22);1H/b21-12-;. The quantitative estimate of drug-likeness (QED) is 0.419. The van der Waals surface area contributed by atoms with Gasteiger partial charge in [0.05, 0.1) is 15.7 Å². The highest BCUT2D eigenvalue weighted by Gasteiger charge is 2.29. The molecule has 2 heterocycles. The van der Waals surface area contributed by atoms with E-state index in [0.717, 1.165) is 39.7 Å². The Hall–Kier alpha value is -1.63. The summed E-state index contributed by atoms with van der Waals surface area (Å²) in [5.41, 5.74) is 13.3. The molecule has 0 spiro atoms. The highest BCUT2D eigenvalue weighted by atomic mass is 35.5. The molecule has 0 aliphatic heterocycles. The van der Waals surface area contributed by atoms with Gasteiger partial charge in [0.1, 0.15) is 0 Å². The van der Waals surface area contributed by atoms with Crippen molar-refractivity contribution < 1.29 is 0 Å². The second-order valence-electron chi connectivity index (χ2n) is 5.74. The molecule has 0 saturated heterocycles. The summed E-state index contributed by atoms with van der Waals surface area (Å²) in [5, 5.41) is 11.7. The van der Waals surface area contributed by atoms with E-state index in [0.29, 0.717) is 5.92 Å². The molecule has 2 aromatic rings. The van der Waals surface area contributed by atoms with Crippen LogP contribution in [0, 0.1) is 19.3 Å². The number of aryl methyl sites for hydroxylation is 2. The summed E-state index contributed by atoms with van der Waals surface area (Å²) in [6, 6.07) is 3.99. The lowest BCUT2D eigenvalue weighted by Crippen LogP contribution is -2.29. The third-order valence-corrected chi connectivity index (χ3v) is 5.54. The Bertz CT molecular complexity index is 800. The predicted molar refractivity (Wildman–Crippen MR) is 103 cm³/mol. The van der Waals surface area contributed by atoms with Crippen LogP contribution in [-0.4, -0.2) is 16.7 Å². The van der Waals surface area contributed by atoms with Crippen LogP contribution in [0.25, 0.3) is 0 Å². The van der Waals surface area contributed by atoms with Gasteiger partial charge in [0, 0.05) is 29.0 Å². The van der Waals surface area contributed by atoms with Crippen LogP contribution in [0.3, 0.4) is 0 Å². The fraction of sp³-hybridized carbons (Fsp3) is 0.312. The summed E-state index contributed by atoms with van der Waals surface area (Å²) < 4.78 is 0.806. The molecule has 5 nitrogen and oxygen atoms in total. The maximum Gasteiger partial charge on any atom is 0.206 e. The Morgan fingerprint density at radius 1 is 1.42 bits per heavy atom. The molecule has 24 heavy (non-hydrogen) atoms. The topological polar surface area (TPSA) is 87.2 Å². The van der Waals surface area contributed by atoms with Gasteiger partial charge in [-0.05, 0) is 43.5 Å². The summed E-state index contributed by atoms with van der Waals surface area (Å²) in [7, 11) is 0. The lowest BCUT2D eigenvalue weighted by molar-refractivity contribution is 0.683. The number of hydrogen-bond donors (Lipinski definition) is 3. The van der Waals surface area contributed by atoms with Crippen LogP contribution in [-0.2, 0) is 6.42 Å². The van der Waals surface area contributed by atoms with E-state index in [1.807, 2.05) is 18.3 Å². The van der Waals surface area contributed by atoms with E-state index in [4.69, 9.17) is 22.7 Å². The van der Waals surface area contributed by atoms with E-state index in [1.165, 1.54) is 10.4 Å². The molecule has 8 heteroatoms. The fourth-order valence-electron chi connectivity index (χ4n) is 3.08. The first kappa shape index (κ1) is 18.7. The summed E-state index contributed by atoms with van der Waals surface area (Å²) >= 11 is 7.79. The lowest BCUT2D eigenvalue weighted by Gasteiger charge is -2.26. The number of nitrogens with one attached hydrogen (secondary N) is 2. The van der Waals surface area contributed by atoms with Crippen LogP contribution in [0.15, 0.2) is 23.4 Å². The Morgan fingerprint density at radius 3 is 2.79 bits per heavy atom. The van der Waals surface area contributed by atoms with Crippen LogP contribution in [0.2, 0.25) is 4.34 Å². The third kappa shape index (κ3) is 3.71. The maximum atomic E-state index is 7.33. The van der Waals surface area contributed by atoms with Gasteiger partial charge >= 0.3 is 0 Å². The normalized spacial score (nSPS) is 18.0. The van der Waals surface area contributed by atoms with Crippen LogP contribution in [0.4, 0.5) is 0 Å². The van der Waals surface area contributed by atoms with Crippen molar-refractivity contribution in [2.24, 2.45) is 10.8 Å². The number of rotatable bonds is 2. The van der Waals surface area contributed by atoms with Crippen LogP contribution >= 0.6 is 35.3 Å². The number of thiophene rings is 1. The van der Waals surface area contributed by atoms with E-state index in [1.54, 1.807) is 11.3 Å². The molecular formula is C16H19Cl2N5S. The van der Waals surface area contributed by atoms with Crippen molar-refractivity contribution in [3.8, 4) is 0 Å². The largest absolute Gasteiger partial charge is 0.369 e. The highest BCUT2D eigenvalue weighted by Crippen LogP contribution is 2.39. The molecule has 0 saturated carbocycles. The predicted octanol–water partition coefficient (Wildman–Crippen LogP) is 3.75. The summed E-state index contributed by atoms with van der Waals surface area (Å²) in [5.74, 6) is 0.125. The van der Waals surface area contributed by atoms with Crippen molar-refractivity contribution in [1.82, 2.24) is 10.4 Å². The third-order valence-electron chi connectivity index (χ3n) is 4.01. The molecular weight excluding hydrogens is 365 g/mol. The minimum absolute atomic E-state index is 0. The van der Waals surface area contributed by atoms with E-state index < -0.39 is 0 Å². The molecule has 2 aromatic heterocycles. The minimum atomic E-state index is -0.168. The summed E-state index contributed by atoms with van der Waals surface area (Å²) in [6.45, 7) is 4.14. The maximum absolute atomic E-state index is 7.33. The zero-order valence-corrected chi connectivity index (χ0v) is 15.8. The number of fused-ring (bicyclic) bond motifs is 1. The Labute approximate surface area is 156 Å². The first-order chi connectivity index (χ1) is 11.0. The van der Waals surface area contributed by atoms with Gasteiger partial charge in [-0.3, -0.25) is 10.4 Å². The fourth-order valence-corrected chi connectivity index (χ4v) is 4.49. The van der Waals surface area contributed by atoms with Gasteiger partial charge in [0.15, 0.2) is 0 Å². The molecule has 4 N–H and O–H groups in total. The van der Waals surface area contributed by atoms with E-state index in [9.17, 15) is 0 Å². The van der Waals surface area contributed by atoms with E-state index >= 15 is 0 Å². The second kappa shape index (κ2) is 7.51. The molecule has 1 aliphatic carbocycles. The minimum Gasteiger partial charge on any atom is -0.369 e. The molecule has 1 atom stereocenters. The number of aromatic nitrogens is 1. The molecule has 1 unspecified atom stereocenters. The number of nitrogens with two attached hydrogens (primary N) is 1. The number of nitrogens with zero attached hydrogens (tertiary/aromatic N) is 2. The van der Waals surface area contributed by atoms with Crippen molar-refractivity contribution in [1.29, 1.82) is 5.41 Å². The average Bonchev–Trinajstić information content (AvgIpc) is 2.83. The second-order valence-corrected chi connectivity index (χ2v) is 7.45. The zero-order valence-electron chi connectivity index (χ0n) is 13.4. The zero-order chi connectivity index (χ0) is 16.6. The lowest BCUT2D eigenvalue weighted by atomic mass is 9.82. The van der Waals surface area contributed by atoms with Gasteiger partial charge < -0.3 is 5.73 Å². The van der Waals surface area contributed by atoms with E-state index in [2.05, 4.69) is 29.4 Å². The molecule has 0 bridgehead atoms. The first-order valence-corrected chi connectivity index (χ1v) is 8.52. The van der Waals surface area contributed by atoms with Crippen LogP contribution in [0.1, 0.15) is 39.6 Å². The molecule has 0 fully saturated rings. The van der Waals surface area contributed by atoms with Gasteiger partial charge in [-0.1, -0.05) is 11.6 Å². The molecule has 0 aromatic carbocycles. The SMILES string of the molecule is Cc1cc(Cl)sc1C1C/C(=N/NC(=N)N)c2c(C)ccnc2C1.Cl. The number of hydrogen-bond acceptors (Lipinski definition) is 4. The van der Waals surface area contributed by atoms with Gasteiger partial charge in [0.2, 0.25) is 5.96 Å². The van der Waals surface area contributed by atoms with Crippen molar-refractivity contribution in [2.75, 3.05) is 0 Å². The van der Waals surface area contributed by atoms with E-state index in [-0.39, 0.29) is 18.4 Å². The Balaban J connectivity index is 0.00000208. The van der Waals surface area contributed by atoms with Crippen LogP contribution < -0.4 is 11.2 Å². The monoisotopic (exact) mass is 383 g/mol. The Kier molecular flexibility index (Phi) is 5.85. The van der Waals surface area contributed by atoms with Crippen molar-refractivity contribution in [3.63, 3.8) is 0 Å². The van der Waals surface area contributed by atoms with Crippen LogP contribution in [0.5, 0.6) is 0 Å². The molecule has 0 radical (unpaired) electrons. The molecule has 1 aliphatic rings. The number of hydrazone groups is 1. The first-order valence-electron chi connectivity index (χ1n) is 7.33. The van der Waals surface area contributed by atoms with Crippen molar-refractivity contribution in [2.45, 2.75) is 32.6 Å². The number of pyridine rings is 1. The smallest absolute Gasteiger partial charge is 0.206 e. The molecule has 128 valence electrons. The van der Waals surface area contributed by atoms with Gasteiger partial charge in [0.25, 0.3) is 0 Å². The number of halogens is 2.